The van der Waals surface area contributed by atoms with E-state index in [9.17, 15) is 9.50 Å². The van der Waals surface area contributed by atoms with E-state index in [1.54, 1.807) is 6.07 Å². The zero-order chi connectivity index (χ0) is 12.3. The van der Waals surface area contributed by atoms with E-state index < -0.39 is 0 Å². The van der Waals surface area contributed by atoms with Gasteiger partial charge in [0.25, 0.3) is 0 Å². The van der Waals surface area contributed by atoms with E-state index in [0.717, 1.165) is 18.4 Å². The summed E-state index contributed by atoms with van der Waals surface area (Å²) in [7, 11) is 0. The van der Waals surface area contributed by atoms with Crippen LogP contribution >= 0.6 is 11.6 Å². The number of aliphatic hydroxyl groups is 1. The first kappa shape index (κ1) is 12.8. The van der Waals surface area contributed by atoms with Crippen molar-refractivity contribution in [2.45, 2.75) is 44.6 Å². The van der Waals surface area contributed by atoms with Gasteiger partial charge in [-0.1, -0.05) is 36.6 Å². The molecule has 17 heavy (non-hydrogen) atoms. The maximum absolute atomic E-state index is 13.2. The molecule has 1 aliphatic rings. The Morgan fingerprint density at radius 3 is 2.76 bits per heavy atom. The van der Waals surface area contributed by atoms with Crippen LogP contribution in [0.3, 0.4) is 0 Å². The number of halogens is 2. The third-order valence-electron chi connectivity index (χ3n) is 3.68. The van der Waals surface area contributed by atoms with Gasteiger partial charge in [0.1, 0.15) is 5.82 Å². The van der Waals surface area contributed by atoms with Crippen molar-refractivity contribution in [1.29, 1.82) is 0 Å². The fraction of sp³-hybridized carbons (Fsp3) is 0.571. The van der Waals surface area contributed by atoms with Crippen molar-refractivity contribution in [3.8, 4) is 0 Å². The van der Waals surface area contributed by atoms with Crippen molar-refractivity contribution in [1.82, 2.24) is 0 Å². The molecule has 1 aliphatic carbocycles. The second-order valence-electron chi connectivity index (χ2n) is 4.86. The van der Waals surface area contributed by atoms with Crippen LogP contribution < -0.4 is 0 Å². The lowest BCUT2D eigenvalue weighted by atomic mass is 9.95. The summed E-state index contributed by atoms with van der Waals surface area (Å²) in [4.78, 5) is 0. The molecule has 0 amide bonds. The van der Waals surface area contributed by atoms with Gasteiger partial charge in [-0.2, -0.15) is 0 Å². The molecule has 1 fully saturated rings. The molecule has 0 bridgehead atoms. The number of benzene rings is 1. The summed E-state index contributed by atoms with van der Waals surface area (Å²) in [6.07, 6.45) is 5.75. The van der Waals surface area contributed by atoms with Crippen LogP contribution in [-0.2, 0) is 6.42 Å². The Bertz CT molecular complexity index is 374. The van der Waals surface area contributed by atoms with Crippen LogP contribution in [0, 0.1) is 11.7 Å². The number of rotatable bonds is 4. The molecule has 2 rings (SSSR count). The Balaban J connectivity index is 1.90. The number of aryl methyl sites for hydroxylation is 1. The quantitative estimate of drug-likeness (QED) is 0.865. The van der Waals surface area contributed by atoms with E-state index in [1.807, 2.05) is 6.07 Å². The van der Waals surface area contributed by atoms with Gasteiger partial charge < -0.3 is 5.11 Å². The summed E-state index contributed by atoms with van der Waals surface area (Å²) in [5.41, 5.74) is 0.795. The smallest absolute Gasteiger partial charge is 0.142 e. The van der Waals surface area contributed by atoms with Crippen molar-refractivity contribution in [3.05, 3.63) is 34.6 Å². The van der Waals surface area contributed by atoms with E-state index >= 15 is 0 Å². The molecule has 0 radical (unpaired) electrons. The van der Waals surface area contributed by atoms with Gasteiger partial charge in [-0.15, -0.1) is 0 Å². The molecule has 0 saturated heterocycles. The van der Waals surface area contributed by atoms with Crippen molar-refractivity contribution < 1.29 is 9.50 Å². The monoisotopic (exact) mass is 256 g/mol. The highest BCUT2D eigenvalue weighted by atomic mass is 35.5. The van der Waals surface area contributed by atoms with Gasteiger partial charge in [-0.05, 0) is 43.2 Å². The Kier molecular flexibility index (Phi) is 4.41. The minimum absolute atomic E-state index is 0.200. The average molecular weight is 257 g/mol. The Labute approximate surface area is 107 Å². The van der Waals surface area contributed by atoms with Gasteiger partial charge in [-0.25, -0.2) is 4.39 Å². The number of hydrogen-bond acceptors (Lipinski definition) is 1. The van der Waals surface area contributed by atoms with E-state index in [2.05, 4.69) is 0 Å². The van der Waals surface area contributed by atoms with Crippen LogP contribution in [0.1, 0.15) is 37.7 Å². The predicted octanol–water partition coefficient (Wildman–Crippen LogP) is 3.96. The second kappa shape index (κ2) is 5.83. The molecule has 3 heteroatoms. The van der Waals surface area contributed by atoms with Gasteiger partial charge in [0, 0.05) is 0 Å². The fourth-order valence-electron chi connectivity index (χ4n) is 2.62. The van der Waals surface area contributed by atoms with Crippen LogP contribution in [0.2, 0.25) is 5.02 Å². The number of hydrogen-bond donors (Lipinski definition) is 1. The van der Waals surface area contributed by atoms with Crippen molar-refractivity contribution in [2.75, 3.05) is 0 Å². The molecule has 1 saturated carbocycles. The van der Waals surface area contributed by atoms with Crippen molar-refractivity contribution in [3.63, 3.8) is 0 Å². The Morgan fingerprint density at radius 2 is 2.06 bits per heavy atom. The van der Waals surface area contributed by atoms with Crippen molar-refractivity contribution >= 4 is 11.6 Å². The fourth-order valence-corrected chi connectivity index (χ4v) is 2.84. The first-order valence-corrected chi connectivity index (χ1v) is 6.67. The van der Waals surface area contributed by atoms with Gasteiger partial charge in [-0.3, -0.25) is 0 Å². The Hall–Kier alpha value is -0.600. The minimum atomic E-state index is -0.375. The Morgan fingerprint density at radius 1 is 1.35 bits per heavy atom. The maximum atomic E-state index is 13.2. The van der Waals surface area contributed by atoms with E-state index in [0.29, 0.717) is 18.8 Å². The van der Waals surface area contributed by atoms with Crippen LogP contribution in [0.15, 0.2) is 18.2 Å². The first-order chi connectivity index (χ1) is 8.18. The van der Waals surface area contributed by atoms with E-state index in [1.165, 1.54) is 18.9 Å². The highest BCUT2D eigenvalue weighted by molar-refractivity contribution is 6.31. The molecule has 1 aromatic rings. The lowest BCUT2D eigenvalue weighted by Crippen LogP contribution is -2.18. The minimum Gasteiger partial charge on any atom is -0.393 e. The molecular formula is C14H18ClFO. The molecule has 1 unspecified atom stereocenters. The normalized spacial score (nSPS) is 18.5. The van der Waals surface area contributed by atoms with Gasteiger partial charge in [0.05, 0.1) is 11.1 Å². The maximum Gasteiger partial charge on any atom is 0.142 e. The highest BCUT2D eigenvalue weighted by Gasteiger charge is 2.23. The molecule has 1 atom stereocenters. The summed E-state index contributed by atoms with van der Waals surface area (Å²) in [6.45, 7) is 0. The number of aliphatic hydroxyl groups excluding tert-OH is 1. The molecule has 0 heterocycles. The summed E-state index contributed by atoms with van der Waals surface area (Å²) in [6, 6.07) is 4.85. The van der Waals surface area contributed by atoms with Gasteiger partial charge in [0.2, 0.25) is 0 Å². The zero-order valence-electron chi connectivity index (χ0n) is 9.83. The standard InChI is InChI=1S/C14H18ClFO/c15-14-11(6-3-7-12(14)16)8-9-13(17)10-4-1-2-5-10/h3,6-7,10,13,17H,1-2,4-5,8-9H2. The second-order valence-corrected chi connectivity index (χ2v) is 5.24. The zero-order valence-corrected chi connectivity index (χ0v) is 10.6. The molecule has 94 valence electrons. The van der Waals surface area contributed by atoms with E-state index in [4.69, 9.17) is 11.6 Å². The lowest BCUT2D eigenvalue weighted by Gasteiger charge is -2.17. The van der Waals surface area contributed by atoms with E-state index in [-0.39, 0.29) is 16.9 Å². The summed E-state index contributed by atoms with van der Waals surface area (Å²) < 4.78 is 13.2. The summed E-state index contributed by atoms with van der Waals surface area (Å²) in [5.74, 6) is 0.0573. The van der Waals surface area contributed by atoms with Gasteiger partial charge in [0.15, 0.2) is 0 Å². The van der Waals surface area contributed by atoms with Crippen LogP contribution in [0.5, 0.6) is 0 Å². The molecule has 1 nitrogen and oxygen atoms in total. The third-order valence-corrected chi connectivity index (χ3v) is 4.11. The predicted molar refractivity (Wildman–Crippen MR) is 67.7 cm³/mol. The first-order valence-electron chi connectivity index (χ1n) is 6.29. The molecule has 0 spiro atoms. The average Bonchev–Trinajstić information content (AvgIpc) is 2.84. The SMILES string of the molecule is OC(CCc1cccc(F)c1Cl)C1CCCC1. The molecule has 0 aliphatic heterocycles. The molecule has 1 aromatic carbocycles. The molecule has 1 N–H and O–H groups in total. The third kappa shape index (κ3) is 3.20. The highest BCUT2D eigenvalue weighted by Crippen LogP contribution is 2.30. The molecular weight excluding hydrogens is 239 g/mol. The van der Waals surface area contributed by atoms with Crippen LogP contribution in [0.4, 0.5) is 4.39 Å². The summed E-state index contributed by atoms with van der Waals surface area (Å²) in [5, 5.41) is 10.2. The molecule has 0 aromatic heterocycles. The largest absolute Gasteiger partial charge is 0.393 e. The van der Waals surface area contributed by atoms with Crippen LogP contribution in [0.25, 0.3) is 0 Å². The van der Waals surface area contributed by atoms with Crippen LogP contribution in [-0.4, -0.2) is 11.2 Å². The summed E-state index contributed by atoms with van der Waals surface area (Å²) >= 11 is 5.88. The van der Waals surface area contributed by atoms with Crippen molar-refractivity contribution in [2.24, 2.45) is 5.92 Å². The lowest BCUT2D eigenvalue weighted by molar-refractivity contribution is 0.102. The van der Waals surface area contributed by atoms with Gasteiger partial charge >= 0.3 is 0 Å². The topological polar surface area (TPSA) is 20.2 Å².